The summed E-state index contributed by atoms with van der Waals surface area (Å²) >= 11 is 0. The lowest BCUT2D eigenvalue weighted by Crippen LogP contribution is -2.45. The molecule has 2 aliphatic rings. The van der Waals surface area contributed by atoms with Crippen LogP contribution < -0.4 is 5.73 Å². The molecule has 0 spiro atoms. The van der Waals surface area contributed by atoms with Crippen molar-refractivity contribution in [2.24, 2.45) is 0 Å². The van der Waals surface area contributed by atoms with E-state index in [1.165, 1.54) is 5.56 Å². The number of halogens is 1. The molecule has 2 fully saturated rings. The lowest BCUT2D eigenvalue weighted by Gasteiger charge is -2.36. The minimum Gasteiger partial charge on any atom is -0.399 e. The number of anilines is 1. The van der Waals surface area contributed by atoms with Gasteiger partial charge in [0, 0.05) is 44.3 Å². The first-order chi connectivity index (χ1) is 9.72. The van der Waals surface area contributed by atoms with Crippen LogP contribution in [-0.2, 0) is 11.3 Å². The monoisotopic (exact) mass is 309 g/mol. The van der Waals surface area contributed by atoms with Crippen LogP contribution >= 0.6 is 12.4 Å². The van der Waals surface area contributed by atoms with Crippen molar-refractivity contribution in [1.82, 2.24) is 9.80 Å². The van der Waals surface area contributed by atoms with E-state index in [9.17, 15) is 4.79 Å². The summed E-state index contributed by atoms with van der Waals surface area (Å²) in [6.07, 6.45) is 4.01. The summed E-state index contributed by atoms with van der Waals surface area (Å²) in [4.78, 5) is 16.4. The fourth-order valence-corrected chi connectivity index (χ4v) is 3.39. The van der Waals surface area contributed by atoms with Gasteiger partial charge in [0.2, 0.25) is 5.91 Å². The number of hydrogen-bond donors (Lipinski definition) is 1. The van der Waals surface area contributed by atoms with Gasteiger partial charge in [-0.1, -0.05) is 12.1 Å². The van der Waals surface area contributed by atoms with Crippen LogP contribution in [0.5, 0.6) is 0 Å². The average Bonchev–Trinajstić information content (AvgIpc) is 2.86. The smallest absolute Gasteiger partial charge is 0.222 e. The normalized spacial score (nSPS) is 20.6. The van der Waals surface area contributed by atoms with Gasteiger partial charge in [-0.15, -0.1) is 12.4 Å². The lowest BCUT2D eigenvalue weighted by atomic mass is 10.0. The van der Waals surface area contributed by atoms with Gasteiger partial charge in [-0.05, 0) is 37.0 Å². The van der Waals surface area contributed by atoms with Crippen LogP contribution in [0.3, 0.4) is 0 Å². The summed E-state index contributed by atoms with van der Waals surface area (Å²) in [6.45, 7) is 4.08. The fourth-order valence-electron chi connectivity index (χ4n) is 3.39. The van der Waals surface area contributed by atoms with Crippen LogP contribution in [0.2, 0.25) is 0 Å². The minimum absolute atomic E-state index is 0. The number of amides is 1. The van der Waals surface area contributed by atoms with Gasteiger partial charge >= 0.3 is 0 Å². The number of nitrogens with zero attached hydrogens (tertiary/aromatic N) is 2. The molecule has 1 aromatic rings. The highest BCUT2D eigenvalue weighted by atomic mass is 35.5. The van der Waals surface area contributed by atoms with Gasteiger partial charge in [-0.3, -0.25) is 9.69 Å². The first-order valence-corrected chi connectivity index (χ1v) is 7.58. The molecule has 4 nitrogen and oxygen atoms in total. The first kappa shape index (κ1) is 16.1. The van der Waals surface area contributed by atoms with Crippen LogP contribution in [0, 0.1) is 0 Å². The third-order valence-corrected chi connectivity index (χ3v) is 4.47. The molecule has 21 heavy (non-hydrogen) atoms. The van der Waals surface area contributed by atoms with E-state index >= 15 is 0 Å². The molecule has 0 radical (unpaired) electrons. The highest BCUT2D eigenvalue weighted by Crippen LogP contribution is 2.23. The summed E-state index contributed by atoms with van der Waals surface area (Å²) in [7, 11) is 0. The molecule has 2 saturated heterocycles. The Balaban J connectivity index is 0.00000161. The van der Waals surface area contributed by atoms with Gasteiger partial charge in [-0.2, -0.15) is 0 Å². The largest absolute Gasteiger partial charge is 0.399 e. The van der Waals surface area contributed by atoms with Gasteiger partial charge in [-0.25, -0.2) is 0 Å². The van der Waals surface area contributed by atoms with Crippen molar-refractivity contribution in [2.75, 3.05) is 25.4 Å². The summed E-state index contributed by atoms with van der Waals surface area (Å²) in [5.41, 5.74) is 7.93. The highest BCUT2D eigenvalue weighted by molar-refractivity contribution is 5.85. The van der Waals surface area contributed by atoms with Crippen molar-refractivity contribution in [3.05, 3.63) is 29.8 Å². The summed E-state index contributed by atoms with van der Waals surface area (Å²) in [6, 6.07) is 8.60. The van der Waals surface area contributed by atoms with E-state index in [0.717, 1.165) is 57.5 Å². The zero-order chi connectivity index (χ0) is 13.9. The van der Waals surface area contributed by atoms with Crippen LogP contribution in [0.4, 0.5) is 5.69 Å². The van der Waals surface area contributed by atoms with Crippen molar-refractivity contribution in [3.8, 4) is 0 Å². The Labute approximate surface area is 132 Å². The van der Waals surface area contributed by atoms with E-state index in [1.807, 2.05) is 12.1 Å². The van der Waals surface area contributed by atoms with Crippen LogP contribution in [-0.4, -0.2) is 41.4 Å². The predicted molar refractivity (Wildman–Crippen MR) is 87.3 cm³/mol. The maximum atomic E-state index is 11.8. The second kappa shape index (κ2) is 7.14. The number of benzene rings is 1. The predicted octanol–water partition coefficient (Wildman–Crippen LogP) is 2.28. The third kappa shape index (κ3) is 3.89. The molecule has 0 unspecified atom stereocenters. The molecule has 1 amide bonds. The molecule has 1 aromatic carbocycles. The van der Waals surface area contributed by atoms with Gasteiger partial charge in [0.1, 0.15) is 0 Å². The Kier molecular flexibility index (Phi) is 5.48. The van der Waals surface area contributed by atoms with Gasteiger partial charge in [0.25, 0.3) is 0 Å². The van der Waals surface area contributed by atoms with E-state index in [0.29, 0.717) is 11.9 Å². The van der Waals surface area contributed by atoms with Crippen molar-refractivity contribution in [3.63, 3.8) is 0 Å². The second-order valence-corrected chi connectivity index (χ2v) is 5.94. The molecule has 2 aliphatic heterocycles. The van der Waals surface area contributed by atoms with E-state index in [4.69, 9.17) is 5.73 Å². The lowest BCUT2D eigenvalue weighted by molar-refractivity contribution is -0.130. The molecule has 2 heterocycles. The maximum absolute atomic E-state index is 11.8. The topological polar surface area (TPSA) is 49.6 Å². The van der Waals surface area contributed by atoms with Gasteiger partial charge in [0.05, 0.1) is 0 Å². The van der Waals surface area contributed by atoms with E-state index in [2.05, 4.69) is 21.9 Å². The number of carbonyl (C=O) groups excluding carboxylic acids is 1. The Morgan fingerprint density at radius 2 is 1.95 bits per heavy atom. The van der Waals surface area contributed by atoms with Crippen molar-refractivity contribution < 1.29 is 4.79 Å². The number of likely N-dealkylation sites (tertiary alicyclic amines) is 2. The zero-order valence-corrected chi connectivity index (χ0v) is 13.1. The van der Waals surface area contributed by atoms with Crippen LogP contribution in [0.25, 0.3) is 0 Å². The maximum Gasteiger partial charge on any atom is 0.222 e. The number of hydrogen-bond acceptors (Lipinski definition) is 3. The van der Waals surface area contributed by atoms with Gasteiger partial charge < -0.3 is 10.6 Å². The second-order valence-electron chi connectivity index (χ2n) is 5.94. The summed E-state index contributed by atoms with van der Waals surface area (Å²) < 4.78 is 0. The number of piperidine rings is 1. The average molecular weight is 310 g/mol. The summed E-state index contributed by atoms with van der Waals surface area (Å²) in [5.74, 6) is 0.360. The Bertz CT molecular complexity index is 486. The standard InChI is InChI=1S/C16H23N3O.ClH/c17-14-4-1-3-13(11-14)12-18-9-6-15(7-10-18)19-8-2-5-16(19)20;/h1,3-4,11,15H,2,5-10,12,17H2;1H. The molecule has 0 aromatic heterocycles. The van der Waals surface area contributed by atoms with Crippen LogP contribution in [0.1, 0.15) is 31.2 Å². The summed E-state index contributed by atoms with van der Waals surface area (Å²) in [5, 5.41) is 0. The Hall–Kier alpha value is -1.26. The molecule has 0 saturated carbocycles. The molecule has 0 bridgehead atoms. The van der Waals surface area contributed by atoms with Crippen molar-refractivity contribution in [2.45, 2.75) is 38.3 Å². The number of rotatable bonds is 3. The molecule has 0 aliphatic carbocycles. The van der Waals surface area contributed by atoms with E-state index in [1.54, 1.807) is 0 Å². The SMILES string of the molecule is Cl.Nc1cccc(CN2CCC(N3CCCC3=O)CC2)c1. The third-order valence-electron chi connectivity index (χ3n) is 4.47. The number of nitrogen functional groups attached to an aromatic ring is 1. The Morgan fingerprint density at radius 1 is 1.19 bits per heavy atom. The quantitative estimate of drug-likeness (QED) is 0.872. The highest BCUT2D eigenvalue weighted by Gasteiger charge is 2.30. The zero-order valence-electron chi connectivity index (χ0n) is 12.3. The van der Waals surface area contributed by atoms with Crippen molar-refractivity contribution in [1.29, 1.82) is 0 Å². The molecule has 3 rings (SSSR count). The van der Waals surface area contributed by atoms with Crippen LogP contribution in [0.15, 0.2) is 24.3 Å². The Morgan fingerprint density at radius 3 is 2.57 bits per heavy atom. The van der Waals surface area contributed by atoms with Crippen molar-refractivity contribution >= 4 is 24.0 Å². The van der Waals surface area contributed by atoms with E-state index in [-0.39, 0.29) is 12.4 Å². The molecule has 2 N–H and O–H groups in total. The molecule has 0 atom stereocenters. The molecule has 116 valence electrons. The minimum atomic E-state index is 0. The van der Waals surface area contributed by atoms with E-state index < -0.39 is 0 Å². The molecular formula is C16H24ClN3O. The fraction of sp³-hybridized carbons (Fsp3) is 0.562. The first-order valence-electron chi connectivity index (χ1n) is 7.58. The van der Waals surface area contributed by atoms with Gasteiger partial charge in [0.15, 0.2) is 0 Å². The number of carbonyl (C=O) groups is 1. The molecular weight excluding hydrogens is 286 g/mol. The number of nitrogens with two attached hydrogens (primary N) is 1. The molecule has 5 heteroatoms.